The van der Waals surface area contributed by atoms with Crippen molar-refractivity contribution in [3.8, 4) is 5.75 Å². The molecule has 0 saturated carbocycles. The molecule has 28 heavy (non-hydrogen) atoms. The molecule has 3 rings (SSSR count). The number of benzene rings is 2. The second-order valence-corrected chi connectivity index (χ2v) is 7.52. The fraction of sp³-hybridized carbons (Fsp3) is 0.222. The Morgan fingerprint density at radius 2 is 1.75 bits per heavy atom. The molecule has 1 aromatic heterocycles. The van der Waals surface area contributed by atoms with E-state index in [1.807, 2.05) is 0 Å². The van der Waals surface area contributed by atoms with Gasteiger partial charge in [-0.25, -0.2) is 0 Å². The lowest BCUT2D eigenvalue weighted by molar-refractivity contribution is -0.137. The van der Waals surface area contributed by atoms with E-state index in [9.17, 15) is 13.2 Å². The number of hydrogen-bond acceptors (Lipinski definition) is 4. The van der Waals surface area contributed by atoms with E-state index >= 15 is 0 Å². The van der Waals surface area contributed by atoms with Crippen LogP contribution in [0.5, 0.6) is 5.75 Å². The molecule has 0 N–H and O–H groups in total. The standard InChI is InChI=1S/C18H14Cl2F3N3OS/c1-26-16(9-27-12-5-2-4-11(8-12)18(21,22)23)24-25-17(26)28-10-13-14(19)6-3-7-15(13)20/h2-8H,9-10H2,1H3. The van der Waals surface area contributed by atoms with E-state index in [2.05, 4.69) is 10.2 Å². The van der Waals surface area contributed by atoms with Crippen LogP contribution in [0.2, 0.25) is 10.0 Å². The van der Waals surface area contributed by atoms with Crippen LogP contribution in [0.1, 0.15) is 17.0 Å². The van der Waals surface area contributed by atoms with Crippen molar-refractivity contribution in [2.24, 2.45) is 7.05 Å². The van der Waals surface area contributed by atoms with Gasteiger partial charge in [0.05, 0.1) is 5.56 Å². The van der Waals surface area contributed by atoms with Crippen molar-refractivity contribution in [2.75, 3.05) is 0 Å². The Labute approximate surface area is 173 Å². The van der Waals surface area contributed by atoms with Crippen LogP contribution in [0.25, 0.3) is 0 Å². The van der Waals surface area contributed by atoms with E-state index in [-0.39, 0.29) is 12.4 Å². The molecule has 0 unspecified atom stereocenters. The zero-order valence-corrected chi connectivity index (χ0v) is 16.8. The fourth-order valence-corrected chi connectivity index (χ4v) is 3.99. The van der Waals surface area contributed by atoms with Gasteiger partial charge in [0.15, 0.2) is 11.0 Å². The van der Waals surface area contributed by atoms with Crippen LogP contribution in [0.3, 0.4) is 0 Å². The number of ether oxygens (including phenoxy) is 1. The van der Waals surface area contributed by atoms with Crippen molar-refractivity contribution in [1.29, 1.82) is 0 Å². The summed E-state index contributed by atoms with van der Waals surface area (Å²) in [6.07, 6.45) is -4.42. The van der Waals surface area contributed by atoms with Crippen molar-refractivity contribution in [3.05, 3.63) is 69.5 Å². The van der Waals surface area contributed by atoms with Crippen LogP contribution in [-0.2, 0) is 25.6 Å². The summed E-state index contributed by atoms with van der Waals surface area (Å²) in [6.45, 7) is -0.0157. The first kappa shape index (κ1) is 20.8. The Hall–Kier alpha value is -1.90. The Morgan fingerprint density at radius 1 is 1.07 bits per heavy atom. The maximum absolute atomic E-state index is 12.8. The van der Waals surface area contributed by atoms with Crippen LogP contribution < -0.4 is 4.74 Å². The van der Waals surface area contributed by atoms with Gasteiger partial charge in [-0.05, 0) is 35.9 Å². The van der Waals surface area contributed by atoms with E-state index in [4.69, 9.17) is 27.9 Å². The number of hydrogen-bond donors (Lipinski definition) is 0. The van der Waals surface area contributed by atoms with Gasteiger partial charge in [0.25, 0.3) is 0 Å². The lowest BCUT2D eigenvalue weighted by atomic mass is 10.2. The molecular weight excluding hydrogens is 434 g/mol. The third kappa shape index (κ3) is 4.92. The van der Waals surface area contributed by atoms with Crippen molar-refractivity contribution in [1.82, 2.24) is 14.8 Å². The molecule has 4 nitrogen and oxygen atoms in total. The number of halogens is 5. The highest BCUT2D eigenvalue weighted by Crippen LogP contribution is 2.32. The third-order valence-electron chi connectivity index (χ3n) is 3.86. The van der Waals surface area contributed by atoms with E-state index < -0.39 is 11.7 Å². The van der Waals surface area contributed by atoms with Crippen LogP contribution in [0, 0.1) is 0 Å². The SMILES string of the molecule is Cn1c(COc2cccc(C(F)(F)F)c2)nnc1SCc1c(Cl)cccc1Cl. The molecule has 0 fully saturated rings. The molecule has 3 aromatic rings. The summed E-state index contributed by atoms with van der Waals surface area (Å²) in [6, 6.07) is 9.98. The van der Waals surface area contributed by atoms with Crippen LogP contribution >= 0.6 is 35.0 Å². The van der Waals surface area contributed by atoms with Crippen molar-refractivity contribution in [2.45, 2.75) is 23.7 Å². The van der Waals surface area contributed by atoms with Gasteiger partial charge >= 0.3 is 6.18 Å². The molecule has 0 radical (unpaired) electrons. The molecule has 148 valence electrons. The van der Waals surface area contributed by atoms with Gasteiger partial charge in [-0.15, -0.1) is 10.2 Å². The molecule has 0 aliphatic carbocycles. The highest BCUT2D eigenvalue weighted by atomic mass is 35.5. The first-order valence-electron chi connectivity index (χ1n) is 7.99. The summed E-state index contributed by atoms with van der Waals surface area (Å²) in [7, 11) is 1.75. The maximum Gasteiger partial charge on any atom is 0.416 e. The summed E-state index contributed by atoms with van der Waals surface area (Å²) < 4.78 is 45.5. The minimum atomic E-state index is -4.42. The zero-order valence-electron chi connectivity index (χ0n) is 14.5. The normalized spacial score (nSPS) is 11.6. The topological polar surface area (TPSA) is 39.9 Å². The highest BCUT2D eigenvalue weighted by Gasteiger charge is 2.30. The molecular formula is C18H14Cl2F3N3OS. The first-order valence-corrected chi connectivity index (χ1v) is 9.74. The minimum Gasteiger partial charge on any atom is -0.486 e. The molecule has 0 spiro atoms. The quantitative estimate of drug-likeness (QED) is 0.433. The van der Waals surface area contributed by atoms with E-state index in [0.29, 0.717) is 26.8 Å². The molecule has 0 aliphatic rings. The first-order chi connectivity index (χ1) is 13.3. The summed E-state index contributed by atoms with van der Waals surface area (Å²) in [5.41, 5.74) is 0.0245. The molecule has 0 bridgehead atoms. The van der Waals surface area contributed by atoms with E-state index in [1.165, 1.54) is 23.9 Å². The Kier molecular flexibility index (Phi) is 6.42. The lowest BCUT2D eigenvalue weighted by Crippen LogP contribution is -2.07. The predicted molar refractivity (Wildman–Crippen MR) is 103 cm³/mol. The average molecular weight is 448 g/mol. The van der Waals surface area contributed by atoms with Gasteiger partial charge in [-0.2, -0.15) is 13.2 Å². The van der Waals surface area contributed by atoms with Gasteiger partial charge in [0.2, 0.25) is 0 Å². The highest BCUT2D eigenvalue weighted by molar-refractivity contribution is 7.98. The summed E-state index contributed by atoms with van der Waals surface area (Å²) in [5.74, 6) is 1.08. The summed E-state index contributed by atoms with van der Waals surface area (Å²) >= 11 is 13.7. The Bertz CT molecular complexity index is 959. The average Bonchev–Trinajstić information content (AvgIpc) is 2.99. The predicted octanol–water partition coefficient (Wildman–Crippen LogP) is 6.01. The number of aromatic nitrogens is 3. The Morgan fingerprint density at radius 3 is 2.43 bits per heavy atom. The van der Waals surface area contributed by atoms with Crippen LogP contribution in [0.4, 0.5) is 13.2 Å². The monoisotopic (exact) mass is 447 g/mol. The number of nitrogens with zero attached hydrogens (tertiary/aromatic N) is 3. The molecule has 0 atom stereocenters. The van der Waals surface area contributed by atoms with E-state index in [0.717, 1.165) is 17.7 Å². The molecule has 2 aromatic carbocycles. The minimum absolute atomic E-state index is 0.0157. The summed E-state index contributed by atoms with van der Waals surface area (Å²) in [5, 5.41) is 9.87. The van der Waals surface area contributed by atoms with Gasteiger partial charge in [-0.3, -0.25) is 0 Å². The largest absolute Gasteiger partial charge is 0.486 e. The fourth-order valence-electron chi connectivity index (χ4n) is 2.31. The molecule has 0 aliphatic heterocycles. The van der Waals surface area contributed by atoms with Gasteiger partial charge < -0.3 is 9.30 Å². The third-order valence-corrected chi connectivity index (χ3v) is 5.62. The van der Waals surface area contributed by atoms with Crippen molar-refractivity contribution < 1.29 is 17.9 Å². The smallest absolute Gasteiger partial charge is 0.416 e. The number of alkyl halides is 3. The van der Waals surface area contributed by atoms with Gasteiger partial charge in [0.1, 0.15) is 12.4 Å². The molecule has 0 saturated heterocycles. The second kappa shape index (κ2) is 8.63. The van der Waals surface area contributed by atoms with Gasteiger partial charge in [0, 0.05) is 22.8 Å². The van der Waals surface area contributed by atoms with Crippen molar-refractivity contribution >= 4 is 35.0 Å². The maximum atomic E-state index is 12.8. The second-order valence-electron chi connectivity index (χ2n) is 5.76. The van der Waals surface area contributed by atoms with Gasteiger partial charge in [-0.1, -0.05) is 47.1 Å². The number of thioether (sulfide) groups is 1. The van der Waals surface area contributed by atoms with E-state index in [1.54, 1.807) is 29.8 Å². The van der Waals surface area contributed by atoms with Crippen molar-refractivity contribution in [3.63, 3.8) is 0 Å². The molecule has 10 heteroatoms. The molecule has 1 heterocycles. The molecule has 0 amide bonds. The zero-order chi connectivity index (χ0) is 20.3. The van der Waals surface area contributed by atoms with Crippen LogP contribution in [-0.4, -0.2) is 14.8 Å². The Balaban J connectivity index is 1.65. The lowest BCUT2D eigenvalue weighted by Gasteiger charge is -2.10. The van der Waals surface area contributed by atoms with Crippen LogP contribution in [0.15, 0.2) is 47.6 Å². The summed E-state index contributed by atoms with van der Waals surface area (Å²) in [4.78, 5) is 0. The number of rotatable bonds is 6.